The second kappa shape index (κ2) is 9.38. The Bertz CT molecular complexity index is 1310. The summed E-state index contributed by atoms with van der Waals surface area (Å²) in [4.78, 5) is 19.0. The van der Waals surface area contributed by atoms with Crippen molar-refractivity contribution in [3.8, 4) is 11.5 Å². The van der Waals surface area contributed by atoms with Crippen molar-refractivity contribution in [2.24, 2.45) is 0 Å². The fraction of sp³-hybridized carbons (Fsp3) is 0.240. The molecule has 1 atom stereocenters. The van der Waals surface area contributed by atoms with Crippen LogP contribution >= 0.6 is 0 Å². The SMILES string of the molecule is COc1ccc(OCC(=O)Nc2cnc3ccc(N4CCC[C@@H]4c4cccc(F)c4)nn23)cc1. The molecular weight excluding hydrogens is 437 g/mol. The molecule has 34 heavy (non-hydrogen) atoms. The highest BCUT2D eigenvalue weighted by atomic mass is 19.1. The second-order valence-electron chi connectivity index (χ2n) is 8.02. The maximum Gasteiger partial charge on any atom is 0.263 e. The van der Waals surface area contributed by atoms with Crippen molar-refractivity contribution in [3.05, 3.63) is 78.2 Å². The minimum Gasteiger partial charge on any atom is -0.497 e. The van der Waals surface area contributed by atoms with Crippen LogP contribution in [0.15, 0.2) is 66.9 Å². The largest absolute Gasteiger partial charge is 0.497 e. The summed E-state index contributed by atoms with van der Waals surface area (Å²) in [6.07, 6.45) is 3.46. The molecule has 9 heteroatoms. The van der Waals surface area contributed by atoms with Crippen molar-refractivity contribution < 1.29 is 18.7 Å². The number of hydrogen-bond acceptors (Lipinski definition) is 6. The number of amides is 1. The van der Waals surface area contributed by atoms with Crippen LogP contribution in [-0.4, -0.2) is 40.8 Å². The molecule has 5 rings (SSSR count). The van der Waals surface area contributed by atoms with E-state index in [2.05, 4.69) is 15.2 Å². The van der Waals surface area contributed by atoms with E-state index >= 15 is 0 Å². The Labute approximate surface area is 195 Å². The Morgan fingerprint density at radius 1 is 1.15 bits per heavy atom. The predicted octanol–water partition coefficient (Wildman–Crippen LogP) is 4.24. The molecule has 3 heterocycles. The first kappa shape index (κ1) is 21.7. The number of fused-ring (bicyclic) bond motifs is 1. The number of carbonyl (C=O) groups is 1. The van der Waals surface area contributed by atoms with E-state index in [1.165, 1.54) is 6.07 Å². The molecule has 1 N–H and O–H groups in total. The van der Waals surface area contributed by atoms with Crippen LogP contribution in [0.1, 0.15) is 24.4 Å². The monoisotopic (exact) mass is 461 g/mol. The van der Waals surface area contributed by atoms with Gasteiger partial charge in [0.15, 0.2) is 18.1 Å². The first-order chi connectivity index (χ1) is 16.6. The first-order valence-electron chi connectivity index (χ1n) is 11.0. The average molecular weight is 461 g/mol. The molecule has 4 aromatic rings. The number of nitrogens with zero attached hydrogens (tertiary/aromatic N) is 4. The van der Waals surface area contributed by atoms with Crippen LogP contribution in [0.4, 0.5) is 16.0 Å². The minimum absolute atomic E-state index is 0.0418. The van der Waals surface area contributed by atoms with E-state index in [1.54, 1.807) is 54.2 Å². The molecule has 2 aromatic carbocycles. The van der Waals surface area contributed by atoms with Gasteiger partial charge in [0.05, 0.1) is 19.3 Å². The van der Waals surface area contributed by atoms with E-state index in [0.717, 1.165) is 30.8 Å². The molecule has 0 bridgehead atoms. The topological polar surface area (TPSA) is 81.0 Å². The molecule has 2 aromatic heterocycles. The number of halogens is 1. The van der Waals surface area contributed by atoms with Gasteiger partial charge in [0.2, 0.25) is 0 Å². The van der Waals surface area contributed by atoms with Gasteiger partial charge in [-0.25, -0.2) is 9.37 Å². The summed E-state index contributed by atoms with van der Waals surface area (Å²) < 4.78 is 26.1. The highest BCUT2D eigenvalue weighted by Gasteiger charge is 2.28. The minimum atomic E-state index is -0.330. The van der Waals surface area contributed by atoms with Gasteiger partial charge in [-0.05, 0) is 66.9 Å². The van der Waals surface area contributed by atoms with Gasteiger partial charge >= 0.3 is 0 Å². The summed E-state index contributed by atoms with van der Waals surface area (Å²) >= 11 is 0. The number of benzene rings is 2. The van der Waals surface area contributed by atoms with E-state index in [4.69, 9.17) is 14.6 Å². The van der Waals surface area contributed by atoms with Crippen LogP contribution in [0.2, 0.25) is 0 Å². The maximum absolute atomic E-state index is 13.8. The standard InChI is InChI=1S/C25H24FN5O3/c1-33-19-7-9-20(10-8-19)34-16-25(32)28-24-15-27-22-11-12-23(29-31(22)24)30-13-3-6-21(30)17-4-2-5-18(26)14-17/h2,4-5,7-12,14-15,21H,3,6,13,16H2,1H3,(H,28,32)/t21-/m1/s1. The number of nitrogens with one attached hydrogen (secondary N) is 1. The molecule has 1 amide bonds. The molecule has 0 saturated carbocycles. The van der Waals surface area contributed by atoms with Gasteiger partial charge in [0.25, 0.3) is 5.91 Å². The highest BCUT2D eigenvalue weighted by molar-refractivity contribution is 5.91. The zero-order chi connectivity index (χ0) is 23.5. The zero-order valence-electron chi connectivity index (χ0n) is 18.6. The molecule has 0 spiro atoms. The Hall–Kier alpha value is -4.14. The van der Waals surface area contributed by atoms with Gasteiger partial charge in [-0.3, -0.25) is 4.79 Å². The van der Waals surface area contributed by atoms with E-state index in [0.29, 0.717) is 23.0 Å². The normalized spacial score (nSPS) is 15.5. The highest BCUT2D eigenvalue weighted by Crippen LogP contribution is 2.35. The molecule has 1 saturated heterocycles. The number of anilines is 2. The van der Waals surface area contributed by atoms with E-state index < -0.39 is 0 Å². The average Bonchev–Trinajstić information content (AvgIpc) is 3.50. The number of aromatic nitrogens is 3. The summed E-state index contributed by atoms with van der Waals surface area (Å²) in [5.74, 6) is 1.88. The van der Waals surface area contributed by atoms with Gasteiger partial charge in [0, 0.05) is 6.54 Å². The summed E-state index contributed by atoms with van der Waals surface area (Å²) in [6, 6.07) is 17.5. The van der Waals surface area contributed by atoms with Gasteiger partial charge < -0.3 is 19.7 Å². The quantitative estimate of drug-likeness (QED) is 0.444. The third-order valence-electron chi connectivity index (χ3n) is 5.83. The number of methoxy groups -OCH3 is 1. The zero-order valence-corrected chi connectivity index (χ0v) is 18.6. The Balaban J connectivity index is 1.31. The van der Waals surface area contributed by atoms with Crippen LogP contribution in [0.3, 0.4) is 0 Å². The number of rotatable bonds is 7. The van der Waals surface area contributed by atoms with Crippen molar-refractivity contribution in [3.63, 3.8) is 0 Å². The summed E-state index contributed by atoms with van der Waals surface area (Å²) in [6.45, 7) is 0.652. The third kappa shape index (κ3) is 4.50. The van der Waals surface area contributed by atoms with Crippen molar-refractivity contribution in [1.82, 2.24) is 14.6 Å². The predicted molar refractivity (Wildman–Crippen MR) is 126 cm³/mol. The number of carbonyl (C=O) groups excluding carboxylic acids is 1. The molecule has 1 aliphatic heterocycles. The molecule has 8 nitrogen and oxygen atoms in total. The van der Waals surface area contributed by atoms with Crippen LogP contribution in [-0.2, 0) is 4.79 Å². The number of ether oxygens (including phenoxy) is 2. The van der Waals surface area contributed by atoms with E-state index in [-0.39, 0.29) is 24.4 Å². The Morgan fingerprint density at radius 2 is 1.97 bits per heavy atom. The molecule has 0 radical (unpaired) electrons. The summed E-state index contributed by atoms with van der Waals surface area (Å²) in [7, 11) is 1.59. The number of imidazole rings is 1. The van der Waals surface area contributed by atoms with Crippen molar-refractivity contribution >= 4 is 23.2 Å². The lowest BCUT2D eigenvalue weighted by atomic mass is 10.0. The maximum atomic E-state index is 13.8. The number of hydrogen-bond donors (Lipinski definition) is 1. The fourth-order valence-electron chi connectivity index (χ4n) is 4.20. The van der Waals surface area contributed by atoms with Gasteiger partial charge in [-0.2, -0.15) is 4.52 Å². The van der Waals surface area contributed by atoms with Gasteiger partial charge in [-0.1, -0.05) is 12.1 Å². The molecule has 0 unspecified atom stereocenters. The van der Waals surface area contributed by atoms with Crippen LogP contribution < -0.4 is 19.7 Å². The summed E-state index contributed by atoms with van der Waals surface area (Å²) in [5.41, 5.74) is 1.53. The van der Waals surface area contributed by atoms with Crippen LogP contribution in [0, 0.1) is 5.82 Å². The molecule has 0 aliphatic carbocycles. The first-order valence-corrected chi connectivity index (χ1v) is 11.0. The lowest BCUT2D eigenvalue weighted by molar-refractivity contribution is -0.118. The molecule has 1 fully saturated rings. The van der Waals surface area contributed by atoms with Crippen molar-refractivity contribution in [2.45, 2.75) is 18.9 Å². The van der Waals surface area contributed by atoms with Gasteiger partial charge in [-0.15, -0.1) is 5.10 Å². The lowest BCUT2D eigenvalue weighted by Crippen LogP contribution is -2.25. The van der Waals surface area contributed by atoms with E-state index in [1.807, 2.05) is 18.2 Å². The van der Waals surface area contributed by atoms with Crippen molar-refractivity contribution in [1.29, 1.82) is 0 Å². The third-order valence-corrected chi connectivity index (χ3v) is 5.83. The summed E-state index contributed by atoms with van der Waals surface area (Å²) in [5, 5.41) is 7.53. The lowest BCUT2D eigenvalue weighted by Gasteiger charge is -2.26. The van der Waals surface area contributed by atoms with Crippen LogP contribution in [0.25, 0.3) is 5.65 Å². The molecular formula is C25H24FN5O3. The fourth-order valence-corrected chi connectivity index (χ4v) is 4.20. The van der Waals surface area contributed by atoms with Gasteiger partial charge in [0.1, 0.15) is 23.1 Å². The van der Waals surface area contributed by atoms with Crippen LogP contribution in [0.5, 0.6) is 11.5 Å². The Morgan fingerprint density at radius 3 is 2.76 bits per heavy atom. The van der Waals surface area contributed by atoms with Crippen molar-refractivity contribution in [2.75, 3.05) is 30.5 Å². The molecule has 1 aliphatic rings. The Kier molecular flexibility index (Phi) is 5.99. The molecule has 174 valence electrons. The van der Waals surface area contributed by atoms with E-state index in [9.17, 15) is 9.18 Å². The second-order valence-corrected chi connectivity index (χ2v) is 8.02. The smallest absolute Gasteiger partial charge is 0.263 e.